The van der Waals surface area contributed by atoms with Gasteiger partial charge >= 0.3 is 0 Å². The maximum atomic E-state index is 12.1. The van der Waals surface area contributed by atoms with Gasteiger partial charge in [-0.25, -0.2) is 9.97 Å². The number of nitrogens with two attached hydrogens (primary N) is 1. The van der Waals surface area contributed by atoms with E-state index in [1.54, 1.807) is 6.20 Å². The molecule has 1 aromatic heterocycles. The van der Waals surface area contributed by atoms with Crippen molar-refractivity contribution in [2.75, 3.05) is 0 Å². The van der Waals surface area contributed by atoms with Crippen LogP contribution in [0.4, 0.5) is 0 Å². The molecule has 1 aliphatic carbocycles. The van der Waals surface area contributed by atoms with Crippen LogP contribution in [0.1, 0.15) is 22.5 Å². The van der Waals surface area contributed by atoms with Gasteiger partial charge in [-0.05, 0) is 12.8 Å². The summed E-state index contributed by atoms with van der Waals surface area (Å²) in [7, 11) is 0. The number of carbonyl (C=O) groups excluding carboxylic acids is 1. The van der Waals surface area contributed by atoms with E-state index in [-0.39, 0.29) is 5.78 Å². The van der Waals surface area contributed by atoms with Crippen molar-refractivity contribution in [2.24, 2.45) is 5.73 Å². The highest BCUT2D eigenvalue weighted by Crippen LogP contribution is 2.24. The van der Waals surface area contributed by atoms with Gasteiger partial charge in [0.05, 0.1) is 11.3 Å². The van der Waals surface area contributed by atoms with Gasteiger partial charge in [0.25, 0.3) is 0 Å². The molecular formula is C15H13N3O. The van der Waals surface area contributed by atoms with Gasteiger partial charge in [0.1, 0.15) is 0 Å². The van der Waals surface area contributed by atoms with Crippen molar-refractivity contribution in [2.45, 2.75) is 12.8 Å². The van der Waals surface area contributed by atoms with Crippen molar-refractivity contribution in [1.82, 2.24) is 9.97 Å². The number of nitrogens with zero attached hydrogens (tertiary/aromatic N) is 2. The van der Waals surface area contributed by atoms with Gasteiger partial charge in [0, 0.05) is 23.5 Å². The lowest BCUT2D eigenvalue weighted by molar-refractivity contribution is 0.102. The minimum atomic E-state index is -0.0524. The molecule has 0 radical (unpaired) electrons. The Labute approximate surface area is 111 Å². The van der Waals surface area contributed by atoms with Crippen molar-refractivity contribution in [1.29, 1.82) is 0 Å². The normalized spacial score (nSPS) is 16.4. The van der Waals surface area contributed by atoms with E-state index in [2.05, 4.69) is 9.97 Å². The second kappa shape index (κ2) is 4.65. The highest BCUT2D eigenvalue weighted by molar-refractivity contribution is 6.10. The molecule has 19 heavy (non-hydrogen) atoms. The Bertz CT molecular complexity index is 662. The molecule has 1 aromatic carbocycles. The molecule has 0 fully saturated rings. The zero-order valence-corrected chi connectivity index (χ0v) is 10.3. The van der Waals surface area contributed by atoms with Crippen molar-refractivity contribution in [3.8, 4) is 11.4 Å². The number of aromatic nitrogens is 2. The smallest absolute Gasteiger partial charge is 0.193 e. The third-order valence-corrected chi connectivity index (χ3v) is 3.27. The topological polar surface area (TPSA) is 68.9 Å². The van der Waals surface area contributed by atoms with Gasteiger partial charge in [-0.1, -0.05) is 30.3 Å². The number of Topliss-reactive ketones (excluding diaryl/α,β-unsaturated/α-hetero) is 1. The summed E-state index contributed by atoms with van der Waals surface area (Å²) in [6.07, 6.45) is 4.37. The first-order chi connectivity index (χ1) is 9.29. The van der Waals surface area contributed by atoms with E-state index >= 15 is 0 Å². The third kappa shape index (κ3) is 2.01. The second-order valence-electron chi connectivity index (χ2n) is 4.44. The number of ketones is 1. The van der Waals surface area contributed by atoms with E-state index in [1.165, 1.54) is 6.20 Å². The van der Waals surface area contributed by atoms with Crippen LogP contribution < -0.4 is 5.73 Å². The first kappa shape index (κ1) is 11.6. The molecule has 94 valence electrons. The van der Waals surface area contributed by atoms with E-state index in [0.717, 1.165) is 17.7 Å². The third-order valence-electron chi connectivity index (χ3n) is 3.27. The molecule has 2 N–H and O–H groups in total. The van der Waals surface area contributed by atoms with E-state index < -0.39 is 0 Å². The van der Waals surface area contributed by atoms with Gasteiger partial charge in [-0.2, -0.15) is 0 Å². The molecule has 0 spiro atoms. The Morgan fingerprint density at radius 1 is 1.16 bits per heavy atom. The quantitative estimate of drug-likeness (QED) is 0.788. The van der Waals surface area contributed by atoms with Crippen LogP contribution in [0.3, 0.4) is 0 Å². The van der Waals surface area contributed by atoms with Crippen LogP contribution in [0.25, 0.3) is 11.4 Å². The van der Waals surface area contributed by atoms with E-state index in [9.17, 15) is 4.79 Å². The van der Waals surface area contributed by atoms with Gasteiger partial charge in [0.2, 0.25) is 0 Å². The maximum Gasteiger partial charge on any atom is 0.193 e. The Morgan fingerprint density at radius 2 is 1.95 bits per heavy atom. The Kier molecular flexibility index (Phi) is 2.83. The maximum absolute atomic E-state index is 12.1. The van der Waals surface area contributed by atoms with Crippen molar-refractivity contribution < 1.29 is 4.79 Å². The molecule has 0 saturated heterocycles. The van der Waals surface area contributed by atoms with Gasteiger partial charge in [0.15, 0.2) is 11.6 Å². The van der Waals surface area contributed by atoms with Gasteiger partial charge in [-0.3, -0.25) is 4.79 Å². The molecule has 0 bridgehead atoms. The molecule has 1 heterocycles. The molecule has 0 atom stereocenters. The summed E-state index contributed by atoms with van der Waals surface area (Å²) in [4.78, 5) is 20.9. The number of allylic oxidation sites excluding steroid dienone is 1. The second-order valence-corrected chi connectivity index (χ2v) is 4.44. The van der Waals surface area contributed by atoms with Crippen molar-refractivity contribution >= 4 is 5.78 Å². The number of aryl methyl sites for hydroxylation is 1. The number of benzene rings is 1. The van der Waals surface area contributed by atoms with E-state index in [4.69, 9.17) is 5.73 Å². The summed E-state index contributed by atoms with van der Waals surface area (Å²) in [5.74, 6) is 0.607. The number of fused-ring (bicyclic) bond motifs is 1. The summed E-state index contributed by atoms with van der Waals surface area (Å²) in [6.45, 7) is 0. The van der Waals surface area contributed by atoms with E-state index in [1.807, 2.05) is 30.3 Å². The van der Waals surface area contributed by atoms with Crippen LogP contribution in [0, 0.1) is 0 Å². The van der Waals surface area contributed by atoms with Crippen LogP contribution in [0.5, 0.6) is 0 Å². The minimum absolute atomic E-state index is 0.0524. The molecule has 2 aromatic rings. The fraction of sp³-hybridized carbons (Fsp3) is 0.133. The van der Waals surface area contributed by atoms with E-state index in [0.29, 0.717) is 23.4 Å². The lowest BCUT2D eigenvalue weighted by atomic mass is 9.91. The Balaban J connectivity index is 2.05. The predicted octanol–water partition coefficient (Wildman–Crippen LogP) is 2.12. The average molecular weight is 251 g/mol. The molecule has 4 nitrogen and oxygen atoms in total. The largest absolute Gasteiger partial charge is 0.404 e. The van der Waals surface area contributed by atoms with Crippen LogP contribution >= 0.6 is 0 Å². The highest BCUT2D eigenvalue weighted by atomic mass is 16.1. The zero-order valence-electron chi connectivity index (χ0n) is 10.3. The van der Waals surface area contributed by atoms with Crippen LogP contribution in [-0.2, 0) is 6.42 Å². The standard InChI is InChI=1S/C15H13N3O/c16-8-11-6-7-13-12(14(11)19)9-17-15(18-13)10-4-2-1-3-5-10/h1-5,8-9H,6-7,16H2. The van der Waals surface area contributed by atoms with Crippen LogP contribution in [0.2, 0.25) is 0 Å². The van der Waals surface area contributed by atoms with Gasteiger partial charge in [-0.15, -0.1) is 0 Å². The molecule has 3 rings (SSSR count). The molecule has 0 saturated carbocycles. The highest BCUT2D eigenvalue weighted by Gasteiger charge is 2.23. The SMILES string of the molecule is NC=C1CCc2nc(-c3ccccc3)ncc2C1=O. The fourth-order valence-electron chi connectivity index (χ4n) is 2.22. The molecule has 4 heteroatoms. The monoisotopic (exact) mass is 251 g/mol. The van der Waals surface area contributed by atoms with Crippen molar-refractivity contribution in [3.05, 3.63) is 59.6 Å². The van der Waals surface area contributed by atoms with Crippen LogP contribution in [0.15, 0.2) is 48.3 Å². The molecular weight excluding hydrogens is 238 g/mol. The number of carbonyl (C=O) groups is 1. The number of hydrogen-bond acceptors (Lipinski definition) is 4. The summed E-state index contributed by atoms with van der Waals surface area (Å²) in [5.41, 5.74) is 8.43. The van der Waals surface area contributed by atoms with Crippen molar-refractivity contribution in [3.63, 3.8) is 0 Å². The first-order valence-corrected chi connectivity index (χ1v) is 6.16. The predicted molar refractivity (Wildman–Crippen MR) is 72.4 cm³/mol. The first-order valence-electron chi connectivity index (χ1n) is 6.16. The van der Waals surface area contributed by atoms with Gasteiger partial charge < -0.3 is 5.73 Å². The number of rotatable bonds is 1. The summed E-state index contributed by atoms with van der Waals surface area (Å²) in [6, 6.07) is 9.75. The van der Waals surface area contributed by atoms with Crippen LogP contribution in [-0.4, -0.2) is 15.8 Å². The molecule has 0 unspecified atom stereocenters. The zero-order chi connectivity index (χ0) is 13.2. The molecule has 0 aliphatic heterocycles. The summed E-state index contributed by atoms with van der Waals surface area (Å²) < 4.78 is 0. The Morgan fingerprint density at radius 3 is 2.68 bits per heavy atom. The lowest BCUT2D eigenvalue weighted by Crippen LogP contribution is -2.17. The fourth-order valence-corrected chi connectivity index (χ4v) is 2.22. The lowest BCUT2D eigenvalue weighted by Gasteiger charge is -2.16. The average Bonchev–Trinajstić information content (AvgIpc) is 2.48. The molecule has 1 aliphatic rings. The minimum Gasteiger partial charge on any atom is -0.404 e. The summed E-state index contributed by atoms with van der Waals surface area (Å²) in [5, 5.41) is 0. The number of hydrogen-bond donors (Lipinski definition) is 1. The summed E-state index contributed by atoms with van der Waals surface area (Å²) >= 11 is 0. The Hall–Kier alpha value is -2.49. The molecule has 0 amide bonds.